The van der Waals surface area contributed by atoms with Crippen LogP contribution in [0.2, 0.25) is 5.02 Å². The van der Waals surface area contributed by atoms with Gasteiger partial charge in [0, 0.05) is 18.0 Å². The largest absolute Gasteiger partial charge is 0.319 e. The number of pyridine rings is 1. The highest BCUT2D eigenvalue weighted by Gasteiger charge is 2.00. The van der Waals surface area contributed by atoms with Gasteiger partial charge in [-0.1, -0.05) is 11.6 Å². The number of hydrogen-bond acceptors (Lipinski definition) is 2. The third-order valence-electron chi connectivity index (χ3n) is 1.19. The molecule has 0 amide bonds. The summed E-state index contributed by atoms with van der Waals surface area (Å²) in [6.07, 6.45) is 0. The minimum Gasteiger partial charge on any atom is -0.319 e. The number of aromatic nitrogens is 1. The molecule has 0 radical (unpaired) electrons. The molecule has 0 aromatic carbocycles. The molecule has 0 spiro atoms. The van der Waals surface area contributed by atoms with Gasteiger partial charge in [0.05, 0.1) is 5.69 Å². The van der Waals surface area contributed by atoms with Crippen LogP contribution in [-0.2, 0) is 0 Å². The second-order valence-corrected chi connectivity index (χ2v) is 2.57. The number of ketones is 1. The Kier molecular flexibility index (Phi) is 2.10. The summed E-state index contributed by atoms with van der Waals surface area (Å²) in [4.78, 5) is 23.8. The fourth-order valence-corrected chi connectivity index (χ4v) is 0.908. The lowest BCUT2D eigenvalue weighted by atomic mass is 10.3. The quantitative estimate of drug-likeness (QED) is 0.647. The first-order valence-corrected chi connectivity index (χ1v) is 3.38. The average Bonchev–Trinajstić information content (AvgIpc) is 1.85. The molecule has 0 saturated carbocycles. The van der Waals surface area contributed by atoms with Gasteiger partial charge < -0.3 is 4.98 Å². The Morgan fingerprint density at radius 2 is 2.18 bits per heavy atom. The summed E-state index contributed by atoms with van der Waals surface area (Å²) < 4.78 is 0. The highest BCUT2D eigenvalue weighted by Crippen LogP contribution is 2.05. The minimum atomic E-state index is -0.359. The van der Waals surface area contributed by atoms with Gasteiger partial charge in [0.25, 0.3) is 0 Å². The first kappa shape index (κ1) is 8.01. The first-order valence-electron chi connectivity index (χ1n) is 3.00. The van der Waals surface area contributed by atoms with E-state index in [2.05, 4.69) is 4.98 Å². The number of Topliss-reactive ketones (excluding diaryl/α,β-unsaturated/α-hetero) is 1. The molecule has 0 fully saturated rings. The van der Waals surface area contributed by atoms with Crippen LogP contribution in [0.3, 0.4) is 0 Å². The van der Waals surface area contributed by atoms with E-state index < -0.39 is 0 Å². The highest BCUT2D eigenvalue weighted by atomic mass is 35.5. The SMILES string of the molecule is CC(=O)c1cc(Cl)cc(=O)[nH]1. The lowest BCUT2D eigenvalue weighted by Gasteiger charge is -1.94. The van der Waals surface area contributed by atoms with Crippen molar-refractivity contribution in [2.75, 3.05) is 0 Å². The number of H-pyrrole nitrogens is 1. The molecule has 3 nitrogen and oxygen atoms in total. The summed E-state index contributed by atoms with van der Waals surface area (Å²) in [6.45, 7) is 1.36. The zero-order chi connectivity index (χ0) is 8.43. The van der Waals surface area contributed by atoms with E-state index in [9.17, 15) is 9.59 Å². The lowest BCUT2D eigenvalue weighted by Crippen LogP contribution is -2.09. The Morgan fingerprint density at radius 3 is 2.64 bits per heavy atom. The van der Waals surface area contributed by atoms with E-state index in [1.807, 2.05) is 0 Å². The van der Waals surface area contributed by atoms with E-state index in [0.29, 0.717) is 0 Å². The summed E-state index contributed by atoms with van der Waals surface area (Å²) in [5, 5.41) is 0.277. The Balaban J connectivity index is 3.30. The van der Waals surface area contributed by atoms with Gasteiger partial charge in [0.15, 0.2) is 5.78 Å². The van der Waals surface area contributed by atoms with Crippen LogP contribution in [0.4, 0.5) is 0 Å². The maximum atomic E-state index is 10.7. The van der Waals surface area contributed by atoms with Crippen molar-refractivity contribution >= 4 is 17.4 Å². The van der Waals surface area contributed by atoms with Crippen LogP contribution in [0.15, 0.2) is 16.9 Å². The standard InChI is InChI=1S/C7H6ClNO2/c1-4(10)6-2-5(8)3-7(11)9-6/h2-3H,1H3,(H,9,11). The second kappa shape index (κ2) is 2.88. The number of carbonyl (C=O) groups is 1. The van der Waals surface area contributed by atoms with Crippen molar-refractivity contribution < 1.29 is 4.79 Å². The molecule has 4 heteroatoms. The maximum absolute atomic E-state index is 10.7. The third-order valence-corrected chi connectivity index (χ3v) is 1.41. The molecule has 0 aliphatic rings. The fraction of sp³-hybridized carbons (Fsp3) is 0.143. The Morgan fingerprint density at radius 1 is 1.55 bits per heavy atom. The van der Waals surface area contributed by atoms with Crippen LogP contribution < -0.4 is 5.56 Å². The molecule has 1 rings (SSSR count). The molecular formula is C7H6ClNO2. The summed E-state index contributed by atoms with van der Waals surface area (Å²) >= 11 is 5.52. The van der Waals surface area contributed by atoms with Gasteiger partial charge >= 0.3 is 0 Å². The van der Waals surface area contributed by atoms with Crippen LogP contribution in [0.1, 0.15) is 17.4 Å². The van der Waals surface area contributed by atoms with Crippen molar-refractivity contribution in [1.29, 1.82) is 0 Å². The number of nitrogens with one attached hydrogen (secondary N) is 1. The molecule has 0 aliphatic carbocycles. The van der Waals surface area contributed by atoms with E-state index in [-0.39, 0.29) is 22.1 Å². The molecule has 1 N–H and O–H groups in total. The summed E-state index contributed by atoms with van der Waals surface area (Å²) in [6, 6.07) is 2.64. The molecule has 0 atom stereocenters. The average molecular weight is 172 g/mol. The molecular weight excluding hydrogens is 166 g/mol. The summed E-state index contributed by atoms with van der Waals surface area (Å²) in [5.41, 5.74) is -0.120. The van der Waals surface area contributed by atoms with E-state index in [1.54, 1.807) is 0 Å². The van der Waals surface area contributed by atoms with E-state index >= 15 is 0 Å². The Bertz CT molecular complexity index is 343. The Hall–Kier alpha value is -1.09. The molecule has 58 valence electrons. The molecule has 1 heterocycles. The van der Waals surface area contributed by atoms with Crippen molar-refractivity contribution in [1.82, 2.24) is 4.98 Å². The molecule has 0 bridgehead atoms. The molecule has 11 heavy (non-hydrogen) atoms. The van der Waals surface area contributed by atoms with Crippen LogP contribution in [-0.4, -0.2) is 10.8 Å². The van der Waals surface area contributed by atoms with Crippen molar-refractivity contribution in [3.63, 3.8) is 0 Å². The zero-order valence-corrected chi connectivity index (χ0v) is 6.61. The van der Waals surface area contributed by atoms with Gasteiger partial charge in [-0.05, 0) is 6.07 Å². The lowest BCUT2D eigenvalue weighted by molar-refractivity contribution is 0.101. The molecule has 1 aromatic rings. The normalized spacial score (nSPS) is 9.64. The maximum Gasteiger partial charge on any atom is 0.249 e. The molecule has 0 aliphatic heterocycles. The third kappa shape index (κ3) is 1.91. The summed E-state index contributed by atoms with van der Waals surface area (Å²) in [5.74, 6) is -0.204. The minimum absolute atomic E-state index is 0.204. The van der Waals surface area contributed by atoms with E-state index in [0.717, 1.165) is 0 Å². The van der Waals surface area contributed by atoms with Crippen molar-refractivity contribution in [3.05, 3.63) is 33.2 Å². The molecule has 0 unspecified atom stereocenters. The Labute approximate surface area is 68.0 Å². The predicted octanol–water partition coefficient (Wildman–Crippen LogP) is 1.23. The monoisotopic (exact) mass is 171 g/mol. The van der Waals surface area contributed by atoms with Gasteiger partial charge in [-0.2, -0.15) is 0 Å². The number of rotatable bonds is 1. The van der Waals surface area contributed by atoms with Crippen LogP contribution in [0.5, 0.6) is 0 Å². The summed E-state index contributed by atoms with van der Waals surface area (Å²) in [7, 11) is 0. The predicted molar refractivity (Wildman–Crippen MR) is 42.1 cm³/mol. The topological polar surface area (TPSA) is 49.9 Å². The zero-order valence-electron chi connectivity index (χ0n) is 5.85. The molecule has 1 aromatic heterocycles. The highest BCUT2D eigenvalue weighted by molar-refractivity contribution is 6.30. The van der Waals surface area contributed by atoms with Crippen molar-refractivity contribution in [2.24, 2.45) is 0 Å². The van der Waals surface area contributed by atoms with E-state index in [1.165, 1.54) is 19.1 Å². The number of carbonyl (C=O) groups excluding carboxylic acids is 1. The number of halogens is 1. The van der Waals surface area contributed by atoms with Crippen LogP contribution in [0, 0.1) is 0 Å². The van der Waals surface area contributed by atoms with Gasteiger partial charge in [-0.3, -0.25) is 9.59 Å². The first-order chi connectivity index (χ1) is 5.09. The van der Waals surface area contributed by atoms with Crippen LogP contribution in [0.25, 0.3) is 0 Å². The van der Waals surface area contributed by atoms with E-state index in [4.69, 9.17) is 11.6 Å². The van der Waals surface area contributed by atoms with Gasteiger partial charge in [-0.25, -0.2) is 0 Å². The van der Waals surface area contributed by atoms with Gasteiger partial charge in [0.2, 0.25) is 5.56 Å². The van der Waals surface area contributed by atoms with Gasteiger partial charge in [0.1, 0.15) is 0 Å². The number of aromatic amines is 1. The van der Waals surface area contributed by atoms with Crippen molar-refractivity contribution in [3.8, 4) is 0 Å². The van der Waals surface area contributed by atoms with Gasteiger partial charge in [-0.15, -0.1) is 0 Å². The smallest absolute Gasteiger partial charge is 0.249 e. The van der Waals surface area contributed by atoms with Crippen LogP contribution >= 0.6 is 11.6 Å². The fourth-order valence-electron chi connectivity index (χ4n) is 0.699. The number of hydrogen-bond donors (Lipinski definition) is 1. The molecule has 0 saturated heterocycles. The van der Waals surface area contributed by atoms with Crippen molar-refractivity contribution in [2.45, 2.75) is 6.92 Å². The second-order valence-electron chi connectivity index (χ2n) is 2.13.